The fraction of sp³-hybridized carbons (Fsp3) is 0.250. The van der Waals surface area contributed by atoms with Crippen LogP contribution in [0.25, 0.3) is 0 Å². The quantitative estimate of drug-likeness (QED) is 0.416. The molecule has 1 nitrogen and oxygen atoms in total. The smallest absolute Gasteiger partial charge is 0.0450 e. The Labute approximate surface area is 45.9 Å². The van der Waals surface area contributed by atoms with Crippen molar-refractivity contribution in [1.82, 2.24) is 0 Å². The van der Waals surface area contributed by atoms with E-state index in [4.69, 9.17) is 0 Å². The summed E-state index contributed by atoms with van der Waals surface area (Å²) in [5.41, 5.74) is 0.773. The lowest BCUT2D eigenvalue weighted by molar-refractivity contribution is 1.38. The standard InChI is InChI=1S/C4H6BrN/c1-4(3-5)6-2/h1-3H2. The lowest BCUT2D eigenvalue weighted by Crippen LogP contribution is -1.69. The van der Waals surface area contributed by atoms with Gasteiger partial charge in [0.2, 0.25) is 0 Å². The van der Waals surface area contributed by atoms with Crippen LogP contribution < -0.4 is 0 Å². The second kappa shape index (κ2) is 3.09. The molecule has 2 heteroatoms. The van der Waals surface area contributed by atoms with Crippen molar-refractivity contribution in [1.29, 1.82) is 0 Å². The van der Waals surface area contributed by atoms with Gasteiger partial charge in [-0.05, 0) is 6.72 Å². The Kier molecular flexibility index (Phi) is 3.04. The SMILES string of the molecule is C=NC(=C)CBr. The maximum absolute atomic E-state index is 3.52. The summed E-state index contributed by atoms with van der Waals surface area (Å²) in [6.45, 7) is 6.77. The minimum atomic E-state index is 0.719. The third kappa shape index (κ3) is 2.15. The van der Waals surface area contributed by atoms with Crippen molar-refractivity contribution in [2.24, 2.45) is 4.99 Å². The van der Waals surface area contributed by atoms with Gasteiger partial charge in [0, 0.05) is 11.0 Å². The Morgan fingerprint density at radius 1 is 1.83 bits per heavy atom. The highest BCUT2D eigenvalue weighted by atomic mass is 79.9. The number of rotatable bonds is 2. The lowest BCUT2D eigenvalue weighted by atomic mass is 10.6. The number of nitrogens with zero attached hydrogens (tertiary/aromatic N) is 1. The topological polar surface area (TPSA) is 12.4 Å². The summed E-state index contributed by atoms with van der Waals surface area (Å²) in [6.07, 6.45) is 0. The first-order valence-electron chi connectivity index (χ1n) is 1.51. The molecule has 0 N–H and O–H groups in total. The van der Waals surface area contributed by atoms with Crippen LogP contribution in [0, 0.1) is 0 Å². The van der Waals surface area contributed by atoms with Crippen molar-refractivity contribution in [3.8, 4) is 0 Å². The van der Waals surface area contributed by atoms with Gasteiger partial charge in [0.25, 0.3) is 0 Å². The molecule has 0 saturated carbocycles. The van der Waals surface area contributed by atoms with Gasteiger partial charge in [-0.1, -0.05) is 22.5 Å². The number of hydrogen-bond donors (Lipinski definition) is 0. The summed E-state index contributed by atoms with van der Waals surface area (Å²) in [4.78, 5) is 3.52. The zero-order valence-electron chi connectivity index (χ0n) is 3.45. The second-order valence-corrected chi connectivity index (χ2v) is 1.42. The number of halogens is 1. The number of alkyl halides is 1. The summed E-state index contributed by atoms with van der Waals surface area (Å²) in [5.74, 6) is 0. The summed E-state index contributed by atoms with van der Waals surface area (Å²) in [6, 6.07) is 0. The molecule has 0 aliphatic heterocycles. The molecule has 6 heavy (non-hydrogen) atoms. The highest BCUT2D eigenvalue weighted by molar-refractivity contribution is 9.09. The summed E-state index contributed by atoms with van der Waals surface area (Å²) >= 11 is 3.14. The van der Waals surface area contributed by atoms with E-state index in [1.54, 1.807) is 0 Å². The monoisotopic (exact) mass is 147 g/mol. The Morgan fingerprint density at radius 2 is 2.33 bits per heavy atom. The third-order valence-corrected chi connectivity index (χ3v) is 1.03. The Hall–Kier alpha value is -0.110. The molecule has 0 aromatic carbocycles. The third-order valence-electron chi connectivity index (χ3n) is 0.378. The molecule has 0 amide bonds. The number of allylic oxidation sites excluding steroid dienone is 1. The second-order valence-electron chi connectivity index (χ2n) is 0.858. The molecule has 0 radical (unpaired) electrons. The highest BCUT2D eigenvalue weighted by Gasteiger charge is 1.75. The average molecular weight is 148 g/mol. The molecular weight excluding hydrogens is 142 g/mol. The highest BCUT2D eigenvalue weighted by Crippen LogP contribution is 1.93. The molecule has 0 aromatic rings. The van der Waals surface area contributed by atoms with Gasteiger partial charge in [0.05, 0.1) is 0 Å². The predicted octanol–water partition coefficient (Wildman–Crippen LogP) is 1.60. The van der Waals surface area contributed by atoms with Gasteiger partial charge in [-0.25, -0.2) is 0 Å². The van der Waals surface area contributed by atoms with Gasteiger partial charge in [0.15, 0.2) is 0 Å². The van der Waals surface area contributed by atoms with Gasteiger partial charge in [0.1, 0.15) is 0 Å². The van der Waals surface area contributed by atoms with Crippen molar-refractivity contribution in [3.05, 3.63) is 12.3 Å². The van der Waals surface area contributed by atoms with E-state index in [1.807, 2.05) is 0 Å². The van der Waals surface area contributed by atoms with Crippen molar-refractivity contribution in [2.75, 3.05) is 5.33 Å². The van der Waals surface area contributed by atoms with E-state index in [-0.39, 0.29) is 0 Å². The molecule has 0 unspecified atom stereocenters. The minimum absolute atomic E-state index is 0.719. The molecular formula is C4H6BrN. The van der Waals surface area contributed by atoms with Crippen molar-refractivity contribution < 1.29 is 0 Å². The Bertz CT molecular complexity index is 67.9. The van der Waals surface area contributed by atoms with Crippen molar-refractivity contribution in [2.45, 2.75) is 0 Å². The van der Waals surface area contributed by atoms with E-state index in [0.29, 0.717) is 0 Å². The van der Waals surface area contributed by atoms with Gasteiger partial charge < -0.3 is 0 Å². The van der Waals surface area contributed by atoms with Gasteiger partial charge >= 0.3 is 0 Å². The first-order valence-corrected chi connectivity index (χ1v) is 2.64. The first-order chi connectivity index (χ1) is 2.81. The van der Waals surface area contributed by atoms with Crippen LogP contribution in [0.5, 0.6) is 0 Å². The maximum atomic E-state index is 3.52. The maximum Gasteiger partial charge on any atom is 0.0450 e. The van der Waals surface area contributed by atoms with E-state index in [2.05, 4.69) is 34.2 Å². The van der Waals surface area contributed by atoms with Gasteiger partial charge in [-0.15, -0.1) is 0 Å². The van der Waals surface area contributed by atoms with E-state index < -0.39 is 0 Å². The molecule has 0 aliphatic rings. The molecule has 0 spiro atoms. The van der Waals surface area contributed by atoms with Crippen LogP contribution in [0.1, 0.15) is 0 Å². The van der Waals surface area contributed by atoms with Crippen LogP contribution in [0.15, 0.2) is 17.3 Å². The lowest BCUT2D eigenvalue weighted by Gasteiger charge is -1.81. The Morgan fingerprint density at radius 3 is 2.33 bits per heavy atom. The molecule has 0 fully saturated rings. The molecule has 0 saturated heterocycles. The van der Waals surface area contributed by atoms with Gasteiger partial charge in [-0.2, -0.15) is 0 Å². The summed E-state index contributed by atoms with van der Waals surface area (Å²) in [5, 5.41) is 0.719. The zero-order chi connectivity index (χ0) is 4.99. The molecule has 0 bridgehead atoms. The zero-order valence-corrected chi connectivity index (χ0v) is 5.03. The molecule has 34 valence electrons. The van der Waals surface area contributed by atoms with E-state index >= 15 is 0 Å². The van der Waals surface area contributed by atoms with Crippen LogP contribution in [-0.2, 0) is 0 Å². The molecule has 0 heterocycles. The molecule has 0 rings (SSSR count). The van der Waals surface area contributed by atoms with Crippen LogP contribution in [-0.4, -0.2) is 12.0 Å². The first kappa shape index (κ1) is 5.89. The predicted molar refractivity (Wildman–Crippen MR) is 32.5 cm³/mol. The Balaban J connectivity index is 3.23. The fourth-order valence-corrected chi connectivity index (χ4v) is 0.220. The molecule has 0 aliphatic carbocycles. The van der Waals surface area contributed by atoms with E-state index in [1.165, 1.54) is 0 Å². The fourth-order valence-electron chi connectivity index (χ4n) is 0.0423. The normalized spacial score (nSPS) is 7.50. The van der Waals surface area contributed by atoms with E-state index in [9.17, 15) is 0 Å². The van der Waals surface area contributed by atoms with Crippen LogP contribution >= 0.6 is 15.9 Å². The molecule has 0 aromatic heterocycles. The number of aliphatic imine (C=N–C) groups is 1. The molecule has 0 atom stereocenters. The van der Waals surface area contributed by atoms with Gasteiger partial charge in [-0.3, -0.25) is 4.99 Å². The minimum Gasteiger partial charge on any atom is -0.269 e. The average Bonchev–Trinajstić information content (AvgIpc) is 1.65. The number of hydrogen-bond acceptors (Lipinski definition) is 1. The van der Waals surface area contributed by atoms with Crippen LogP contribution in [0.4, 0.5) is 0 Å². The van der Waals surface area contributed by atoms with Crippen molar-refractivity contribution >= 4 is 22.6 Å². The van der Waals surface area contributed by atoms with Crippen molar-refractivity contribution in [3.63, 3.8) is 0 Å². The van der Waals surface area contributed by atoms with Crippen LogP contribution in [0.2, 0.25) is 0 Å². The summed E-state index contributed by atoms with van der Waals surface area (Å²) < 4.78 is 0. The van der Waals surface area contributed by atoms with E-state index in [0.717, 1.165) is 11.0 Å². The summed E-state index contributed by atoms with van der Waals surface area (Å²) in [7, 11) is 0. The largest absolute Gasteiger partial charge is 0.269 e. The van der Waals surface area contributed by atoms with Crippen LogP contribution in [0.3, 0.4) is 0 Å².